The highest BCUT2D eigenvalue weighted by Crippen LogP contribution is 2.69. The molecule has 6 nitrogen and oxygen atoms in total. The molecular formula is C30H38FNO5. The first-order valence-corrected chi connectivity index (χ1v) is 13.4. The molecule has 0 aromatic heterocycles. The summed E-state index contributed by atoms with van der Waals surface area (Å²) >= 11 is 0. The van der Waals surface area contributed by atoms with Crippen LogP contribution in [0.25, 0.3) is 0 Å². The Labute approximate surface area is 218 Å². The lowest BCUT2D eigenvalue weighted by Gasteiger charge is -2.61. The predicted molar refractivity (Wildman–Crippen MR) is 138 cm³/mol. The van der Waals surface area contributed by atoms with Gasteiger partial charge in [0.1, 0.15) is 18.1 Å². The lowest BCUT2D eigenvalue weighted by molar-refractivity contribution is -0.195. The van der Waals surface area contributed by atoms with Gasteiger partial charge >= 0.3 is 0 Å². The highest BCUT2D eigenvalue weighted by molar-refractivity contribution is 6.01. The SMILES string of the molecule is COc1ccc(OCCNC(=O)[C@H]2[C@H](C)C[C@H]3[C@@H]4CCC5=CC(=O)C=C[C@]5(C)[C@@]4(F)[C@@H](O)C[C@@]32C)cc1. The van der Waals surface area contributed by atoms with Gasteiger partial charge in [-0.05, 0) is 86.3 Å². The third-order valence-electron chi connectivity index (χ3n) is 9.99. The number of hydrogen-bond donors (Lipinski definition) is 2. The van der Waals surface area contributed by atoms with Gasteiger partial charge in [-0.15, -0.1) is 0 Å². The number of amides is 1. The molecule has 0 heterocycles. The zero-order valence-corrected chi connectivity index (χ0v) is 22.1. The van der Waals surface area contributed by atoms with Gasteiger partial charge in [0.05, 0.1) is 19.8 Å². The van der Waals surface area contributed by atoms with Crippen LogP contribution in [0.15, 0.2) is 48.1 Å². The Bertz CT molecular complexity index is 1130. The molecule has 200 valence electrons. The van der Waals surface area contributed by atoms with Crippen LogP contribution in [0.4, 0.5) is 4.39 Å². The van der Waals surface area contributed by atoms with E-state index in [2.05, 4.69) is 19.2 Å². The summed E-state index contributed by atoms with van der Waals surface area (Å²) in [6.45, 7) is 6.65. The molecule has 5 rings (SSSR count). The summed E-state index contributed by atoms with van der Waals surface area (Å²) in [4.78, 5) is 25.5. The number of ketones is 1. The maximum Gasteiger partial charge on any atom is 0.224 e. The fraction of sp³-hybridized carbons (Fsp3) is 0.600. The van der Waals surface area contributed by atoms with E-state index in [0.29, 0.717) is 31.7 Å². The van der Waals surface area contributed by atoms with Crippen LogP contribution in [-0.2, 0) is 9.59 Å². The number of nitrogens with one attached hydrogen (secondary N) is 1. The van der Waals surface area contributed by atoms with E-state index in [4.69, 9.17) is 9.47 Å². The molecule has 7 heteroatoms. The Hall–Kier alpha value is -2.67. The summed E-state index contributed by atoms with van der Waals surface area (Å²) < 4.78 is 28.1. The van der Waals surface area contributed by atoms with Gasteiger partial charge in [-0.1, -0.05) is 25.5 Å². The zero-order chi connectivity index (χ0) is 26.6. The molecule has 8 atom stereocenters. The van der Waals surface area contributed by atoms with E-state index >= 15 is 4.39 Å². The second-order valence-corrected chi connectivity index (χ2v) is 11.9. The molecule has 0 bridgehead atoms. The number of carbonyl (C=O) groups excluding carboxylic acids is 2. The molecule has 3 saturated carbocycles. The average Bonchev–Trinajstić information content (AvgIpc) is 3.13. The van der Waals surface area contributed by atoms with Gasteiger partial charge in [0.25, 0.3) is 0 Å². The highest BCUT2D eigenvalue weighted by Gasteiger charge is 2.71. The van der Waals surface area contributed by atoms with Crippen molar-refractivity contribution < 1.29 is 28.6 Å². The van der Waals surface area contributed by atoms with Crippen molar-refractivity contribution in [2.24, 2.45) is 34.5 Å². The van der Waals surface area contributed by atoms with E-state index in [1.165, 1.54) is 6.08 Å². The topological polar surface area (TPSA) is 84.9 Å². The van der Waals surface area contributed by atoms with Crippen LogP contribution in [0.2, 0.25) is 0 Å². The van der Waals surface area contributed by atoms with E-state index in [-0.39, 0.29) is 41.8 Å². The van der Waals surface area contributed by atoms with Crippen molar-refractivity contribution in [2.75, 3.05) is 20.3 Å². The number of allylic oxidation sites excluding steroid dienone is 4. The second kappa shape index (κ2) is 9.26. The molecule has 0 saturated heterocycles. The van der Waals surface area contributed by atoms with E-state index in [0.717, 1.165) is 17.7 Å². The monoisotopic (exact) mass is 511 g/mol. The molecule has 0 radical (unpaired) electrons. The fourth-order valence-corrected chi connectivity index (χ4v) is 8.26. The summed E-state index contributed by atoms with van der Waals surface area (Å²) in [6, 6.07) is 7.28. The normalized spacial score (nSPS) is 40.2. The molecule has 1 aromatic rings. The van der Waals surface area contributed by atoms with Crippen LogP contribution in [-0.4, -0.2) is 48.8 Å². The third-order valence-corrected chi connectivity index (χ3v) is 9.99. The Kier molecular flexibility index (Phi) is 6.50. The summed E-state index contributed by atoms with van der Waals surface area (Å²) in [6.07, 6.45) is 5.63. The fourth-order valence-electron chi connectivity index (χ4n) is 8.26. The van der Waals surface area contributed by atoms with Crippen molar-refractivity contribution in [3.63, 3.8) is 0 Å². The van der Waals surface area contributed by atoms with Gasteiger partial charge in [0.2, 0.25) is 5.91 Å². The van der Waals surface area contributed by atoms with Gasteiger partial charge in [-0.25, -0.2) is 4.39 Å². The number of aliphatic hydroxyl groups is 1. The van der Waals surface area contributed by atoms with Crippen LogP contribution >= 0.6 is 0 Å². The zero-order valence-electron chi connectivity index (χ0n) is 22.1. The van der Waals surface area contributed by atoms with Crippen LogP contribution in [0.3, 0.4) is 0 Å². The summed E-state index contributed by atoms with van der Waals surface area (Å²) in [5.74, 6) is 0.631. The van der Waals surface area contributed by atoms with Crippen molar-refractivity contribution in [1.82, 2.24) is 5.32 Å². The van der Waals surface area contributed by atoms with Gasteiger partial charge < -0.3 is 19.9 Å². The number of fused-ring (bicyclic) bond motifs is 5. The predicted octanol–water partition coefficient (Wildman–Crippen LogP) is 4.42. The molecule has 4 aliphatic carbocycles. The molecule has 0 spiro atoms. The average molecular weight is 512 g/mol. The summed E-state index contributed by atoms with van der Waals surface area (Å²) in [5, 5.41) is 14.5. The van der Waals surface area contributed by atoms with E-state index in [1.54, 1.807) is 19.3 Å². The van der Waals surface area contributed by atoms with Crippen LogP contribution < -0.4 is 14.8 Å². The van der Waals surface area contributed by atoms with Crippen LogP contribution in [0.5, 0.6) is 11.5 Å². The molecule has 3 fully saturated rings. The second-order valence-electron chi connectivity index (χ2n) is 11.9. The van der Waals surface area contributed by atoms with E-state index in [9.17, 15) is 14.7 Å². The number of ether oxygens (including phenoxy) is 2. The van der Waals surface area contributed by atoms with Gasteiger partial charge in [0, 0.05) is 17.3 Å². The molecule has 4 aliphatic rings. The number of alkyl halides is 1. The number of benzene rings is 1. The molecule has 1 aromatic carbocycles. The quantitative estimate of drug-likeness (QED) is 0.553. The minimum absolute atomic E-state index is 0.0217. The van der Waals surface area contributed by atoms with Gasteiger partial charge in [0.15, 0.2) is 11.5 Å². The maximum absolute atomic E-state index is 17.2. The van der Waals surface area contributed by atoms with Crippen molar-refractivity contribution in [3.8, 4) is 11.5 Å². The standard InChI is InChI=1S/C30H38FNO5/c1-18-15-24-23-10-5-19-16-20(33)11-12-29(19,3)30(23,31)25(34)17-28(24,2)26(18)27(35)32-13-14-37-22-8-6-21(36-4)7-9-22/h6-9,11-12,16,18,23-26,34H,5,10,13-15,17H2,1-4H3,(H,32,35)/t18-,23+,24+,25+,26-,28+,29+,30+/m1/s1. The molecule has 37 heavy (non-hydrogen) atoms. The van der Waals surface area contributed by atoms with Crippen molar-refractivity contribution in [1.29, 1.82) is 0 Å². The number of methoxy groups -OCH3 is 1. The molecular weight excluding hydrogens is 473 g/mol. The smallest absolute Gasteiger partial charge is 0.224 e. The number of carbonyl (C=O) groups is 2. The summed E-state index contributed by atoms with van der Waals surface area (Å²) in [5.41, 5.74) is -2.60. The maximum atomic E-state index is 17.2. The number of aliphatic hydroxyl groups excluding tert-OH is 1. The van der Waals surface area contributed by atoms with Crippen molar-refractivity contribution in [3.05, 3.63) is 48.1 Å². The minimum atomic E-state index is -1.87. The van der Waals surface area contributed by atoms with Crippen molar-refractivity contribution >= 4 is 11.7 Å². The molecule has 0 aliphatic heterocycles. The Balaban J connectivity index is 1.29. The van der Waals surface area contributed by atoms with Crippen LogP contribution in [0.1, 0.15) is 46.5 Å². The highest BCUT2D eigenvalue weighted by atomic mass is 19.1. The van der Waals surface area contributed by atoms with Crippen molar-refractivity contribution in [2.45, 2.75) is 58.2 Å². The Morgan fingerprint density at radius 2 is 1.89 bits per heavy atom. The first-order chi connectivity index (χ1) is 17.5. The van der Waals surface area contributed by atoms with Gasteiger partial charge in [-0.3, -0.25) is 9.59 Å². The lowest BCUT2D eigenvalue weighted by atomic mass is 9.45. The minimum Gasteiger partial charge on any atom is -0.497 e. The molecule has 1 amide bonds. The number of rotatable bonds is 6. The summed E-state index contributed by atoms with van der Waals surface area (Å²) in [7, 11) is 1.61. The third kappa shape index (κ3) is 3.92. The first-order valence-electron chi connectivity index (χ1n) is 13.4. The molecule has 0 unspecified atom stereocenters. The van der Waals surface area contributed by atoms with E-state index < -0.39 is 22.6 Å². The molecule has 2 N–H and O–H groups in total. The van der Waals surface area contributed by atoms with Crippen LogP contribution in [0, 0.1) is 34.5 Å². The Morgan fingerprint density at radius 3 is 2.59 bits per heavy atom. The Morgan fingerprint density at radius 1 is 1.19 bits per heavy atom. The number of halogens is 1. The first kappa shape index (κ1) is 26.0. The number of hydrogen-bond acceptors (Lipinski definition) is 5. The van der Waals surface area contributed by atoms with E-state index in [1.807, 2.05) is 31.2 Å². The van der Waals surface area contributed by atoms with Gasteiger partial charge in [-0.2, -0.15) is 0 Å². The largest absolute Gasteiger partial charge is 0.497 e. The lowest BCUT2D eigenvalue weighted by Crippen LogP contribution is -2.67.